The fourth-order valence-electron chi connectivity index (χ4n) is 2.46. The molecule has 0 aliphatic carbocycles. The van der Waals surface area contributed by atoms with Gasteiger partial charge in [-0.15, -0.1) is 0 Å². The molecule has 1 fully saturated rings. The predicted molar refractivity (Wildman–Crippen MR) is 93.6 cm³/mol. The number of non-ortho nitro benzene ring substituents is 1. The molecule has 146 valence electrons. The van der Waals surface area contributed by atoms with E-state index in [1.165, 1.54) is 12.1 Å². The van der Waals surface area contributed by atoms with Gasteiger partial charge in [0, 0.05) is 31.8 Å². The summed E-state index contributed by atoms with van der Waals surface area (Å²) in [6, 6.07) is 3.16. The van der Waals surface area contributed by atoms with Crippen LogP contribution in [0.15, 0.2) is 18.2 Å². The molecule has 1 aliphatic rings. The van der Waals surface area contributed by atoms with Crippen LogP contribution in [0.5, 0.6) is 0 Å². The van der Waals surface area contributed by atoms with Gasteiger partial charge >= 0.3 is 12.0 Å². The highest BCUT2D eigenvalue weighted by molar-refractivity contribution is 5.99. The number of nitrogens with one attached hydrogen (secondary N) is 2. The van der Waals surface area contributed by atoms with Gasteiger partial charge in [0.15, 0.2) is 6.61 Å². The molecule has 0 radical (unpaired) electrons. The average molecular weight is 380 g/mol. The lowest BCUT2D eigenvalue weighted by molar-refractivity contribution is -0.384. The van der Waals surface area contributed by atoms with Crippen LogP contribution >= 0.6 is 0 Å². The Labute approximate surface area is 154 Å². The molecular formula is C16H20N4O7. The summed E-state index contributed by atoms with van der Waals surface area (Å²) in [5.74, 6) is -1.71. The van der Waals surface area contributed by atoms with Gasteiger partial charge < -0.3 is 19.7 Å². The molecule has 0 atom stereocenters. The zero-order valence-electron chi connectivity index (χ0n) is 14.7. The smallest absolute Gasteiger partial charge is 0.341 e. The van der Waals surface area contributed by atoms with E-state index in [4.69, 9.17) is 9.47 Å². The van der Waals surface area contributed by atoms with E-state index in [0.29, 0.717) is 38.5 Å². The van der Waals surface area contributed by atoms with Gasteiger partial charge in [-0.3, -0.25) is 20.2 Å². The van der Waals surface area contributed by atoms with Crippen LogP contribution in [-0.4, -0.2) is 62.3 Å². The van der Waals surface area contributed by atoms with Crippen LogP contribution in [0, 0.1) is 10.1 Å². The van der Waals surface area contributed by atoms with E-state index >= 15 is 0 Å². The molecule has 1 aliphatic heterocycles. The van der Waals surface area contributed by atoms with Gasteiger partial charge in [-0.05, 0) is 13.0 Å². The third kappa shape index (κ3) is 5.64. The Morgan fingerprint density at radius 1 is 1.30 bits per heavy atom. The first-order valence-corrected chi connectivity index (χ1v) is 8.28. The molecule has 1 saturated heterocycles. The number of carbonyl (C=O) groups excluding carboxylic acids is 3. The zero-order valence-corrected chi connectivity index (χ0v) is 14.7. The summed E-state index contributed by atoms with van der Waals surface area (Å²) < 4.78 is 10.2. The fourth-order valence-corrected chi connectivity index (χ4v) is 2.46. The van der Waals surface area contributed by atoms with Gasteiger partial charge in [-0.2, -0.15) is 0 Å². The molecule has 1 aromatic carbocycles. The van der Waals surface area contributed by atoms with E-state index < -0.39 is 29.4 Å². The maximum atomic E-state index is 12.4. The fraction of sp³-hybridized carbons (Fsp3) is 0.438. The summed E-state index contributed by atoms with van der Waals surface area (Å²) in [6.07, 6.45) is 0. The van der Waals surface area contributed by atoms with Crippen molar-refractivity contribution in [2.24, 2.45) is 0 Å². The number of hydrogen-bond acceptors (Lipinski definition) is 8. The highest BCUT2D eigenvalue weighted by atomic mass is 16.6. The van der Waals surface area contributed by atoms with Crippen molar-refractivity contribution in [3.05, 3.63) is 33.9 Å². The second-order valence-corrected chi connectivity index (χ2v) is 5.54. The van der Waals surface area contributed by atoms with Crippen molar-refractivity contribution in [1.29, 1.82) is 0 Å². The van der Waals surface area contributed by atoms with Crippen molar-refractivity contribution < 1.29 is 28.8 Å². The van der Waals surface area contributed by atoms with E-state index in [0.717, 1.165) is 6.07 Å². The summed E-state index contributed by atoms with van der Waals surface area (Å²) in [5, 5.41) is 15.4. The maximum Gasteiger partial charge on any atom is 0.341 e. The topological polar surface area (TPSA) is 140 Å². The Morgan fingerprint density at radius 3 is 2.63 bits per heavy atom. The third-order valence-electron chi connectivity index (χ3n) is 3.69. The molecule has 0 spiro atoms. The van der Waals surface area contributed by atoms with E-state index in [1.54, 1.807) is 6.92 Å². The minimum atomic E-state index is -0.897. The van der Waals surface area contributed by atoms with E-state index in [2.05, 4.69) is 5.32 Å². The van der Waals surface area contributed by atoms with Crippen LogP contribution in [-0.2, 0) is 14.3 Å². The number of nitro benzene ring substituents is 1. The van der Waals surface area contributed by atoms with Crippen molar-refractivity contribution in [1.82, 2.24) is 10.6 Å². The number of rotatable bonds is 6. The number of morpholine rings is 1. The first-order valence-electron chi connectivity index (χ1n) is 8.28. The minimum absolute atomic E-state index is 0.0306. The number of amides is 3. The number of anilines is 1. The molecule has 3 amide bonds. The van der Waals surface area contributed by atoms with E-state index in [1.807, 2.05) is 10.2 Å². The van der Waals surface area contributed by atoms with Crippen LogP contribution in [0.3, 0.4) is 0 Å². The van der Waals surface area contributed by atoms with Gasteiger partial charge in [-0.1, -0.05) is 0 Å². The molecule has 1 heterocycles. The Balaban J connectivity index is 2.12. The predicted octanol–water partition coefficient (Wildman–Crippen LogP) is 0.434. The number of hydrogen-bond donors (Lipinski definition) is 2. The molecule has 0 unspecified atom stereocenters. The first-order chi connectivity index (χ1) is 12.9. The lowest BCUT2D eigenvalue weighted by Gasteiger charge is -2.30. The molecule has 0 aromatic heterocycles. The standard InChI is InChI=1S/C16H20N4O7/c1-2-17-16(23)18-14(21)10-27-15(22)12-9-11(20(24)25)3-4-13(12)19-5-7-26-8-6-19/h3-4,9H,2,5-8,10H2,1H3,(H2,17,18,21,23). The molecule has 2 N–H and O–H groups in total. The van der Waals surface area contributed by atoms with Gasteiger partial charge in [0.25, 0.3) is 11.6 Å². The molecule has 0 saturated carbocycles. The summed E-state index contributed by atoms with van der Waals surface area (Å²) in [4.78, 5) is 47.6. The highest BCUT2D eigenvalue weighted by Gasteiger charge is 2.23. The lowest BCUT2D eigenvalue weighted by atomic mass is 10.1. The number of esters is 1. The molecular weight excluding hydrogens is 360 g/mol. The largest absolute Gasteiger partial charge is 0.452 e. The normalized spacial score (nSPS) is 13.6. The van der Waals surface area contributed by atoms with Crippen molar-refractivity contribution in [2.75, 3.05) is 44.4 Å². The highest BCUT2D eigenvalue weighted by Crippen LogP contribution is 2.27. The Bertz CT molecular complexity index is 731. The summed E-state index contributed by atoms with van der Waals surface area (Å²) in [5.41, 5.74) is 0.153. The first kappa shape index (κ1) is 20.1. The van der Waals surface area contributed by atoms with Crippen molar-refractivity contribution in [3.63, 3.8) is 0 Å². The van der Waals surface area contributed by atoms with Crippen molar-refractivity contribution in [3.8, 4) is 0 Å². The molecule has 0 bridgehead atoms. The summed E-state index contributed by atoms with van der Waals surface area (Å²) in [6.45, 7) is 3.25. The number of nitrogens with zero attached hydrogens (tertiary/aromatic N) is 2. The van der Waals surface area contributed by atoms with Crippen LogP contribution in [0.1, 0.15) is 17.3 Å². The number of nitro groups is 1. The van der Waals surface area contributed by atoms with Crippen LogP contribution in [0.2, 0.25) is 0 Å². The second kappa shape index (κ2) is 9.48. The molecule has 1 aromatic rings. The van der Waals surface area contributed by atoms with Crippen LogP contribution < -0.4 is 15.5 Å². The van der Waals surface area contributed by atoms with Crippen molar-refractivity contribution in [2.45, 2.75) is 6.92 Å². The number of benzene rings is 1. The van der Waals surface area contributed by atoms with Crippen LogP contribution in [0.4, 0.5) is 16.2 Å². The van der Waals surface area contributed by atoms with Gasteiger partial charge in [0.1, 0.15) is 0 Å². The Morgan fingerprint density at radius 2 is 2.00 bits per heavy atom. The van der Waals surface area contributed by atoms with Crippen molar-refractivity contribution >= 4 is 29.3 Å². The molecule has 27 heavy (non-hydrogen) atoms. The monoisotopic (exact) mass is 380 g/mol. The average Bonchev–Trinajstić information content (AvgIpc) is 2.66. The zero-order chi connectivity index (χ0) is 19.8. The lowest BCUT2D eigenvalue weighted by Crippen LogP contribution is -2.41. The molecule has 2 rings (SSSR count). The Kier molecular flexibility index (Phi) is 7.06. The maximum absolute atomic E-state index is 12.4. The van der Waals surface area contributed by atoms with Gasteiger partial charge in [0.05, 0.1) is 29.4 Å². The summed E-state index contributed by atoms with van der Waals surface area (Å²) >= 11 is 0. The number of ether oxygens (including phenoxy) is 2. The van der Waals surface area contributed by atoms with Crippen LogP contribution in [0.25, 0.3) is 0 Å². The van der Waals surface area contributed by atoms with Gasteiger partial charge in [0.2, 0.25) is 0 Å². The van der Waals surface area contributed by atoms with E-state index in [-0.39, 0.29) is 11.3 Å². The number of carbonyl (C=O) groups is 3. The second-order valence-electron chi connectivity index (χ2n) is 5.54. The SMILES string of the molecule is CCNC(=O)NC(=O)COC(=O)c1cc([N+](=O)[O-])ccc1N1CCOCC1. The molecule has 11 nitrogen and oxygen atoms in total. The number of urea groups is 1. The number of imide groups is 1. The summed E-state index contributed by atoms with van der Waals surface area (Å²) in [7, 11) is 0. The third-order valence-corrected chi connectivity index (χ3v) is 3.69. The Hall–Kier alpha value is -3.21. The van der Waals surface area contributed by atoms with Gasteiger partial charge in [-0.25, -0.2) is 9.59 Å². The quantitative estimate of drug-likeness (QED) is 0.411. The minimum Gasteiger partial charge on any atom is -0.452 e. The molecule has 11 heteroatoms. The van der Waals surface area contributed by atoms with E-state index in [9.17, 15) is 24.5 Å².